The standard InChI is InChI=1S/C11H11.Zr/c1-8-6-7-9(2)11-5-3-4-10(8)11;/h3-7H,1-2H3;/q-1;. The van der Waals surface area contributed by atoms with E-state index in [-0.39, 0.29) is 26.2 Å². The largest absolute Gasteiger partial charge is 0.168 e. The van der Waals surface area contributed by atoms with Gasteiger partial charge in [-0.05, 0) is 6.92 Å². The average Bonchev–Trinajstić information content (AvgIpc) is 2.45. The summed E-state index contributed by atoms with van der Waals surface area (Å²) < 4.78 is 0. The molecule has 0 spiro atoms. The number of hydrogen-bond acceptors (Lipinski definition) is 0. The molecule has 0 saturated heterocycles. The van der Waals surface area contributed by atoms with Crippen LogP contribution in [0.25, 0.3) is 10.8 Å². The van der Waals surface area contributed by atoms with Crippen molar-refractivity contribution in [3.8, 4) is 0 Å². The summed E-state index contributed by atoms with van der Waals surface area (Å²) in [5, 5.41) is 2.79. The molecule has 0 radical (unpaired) electrons. The van der Waals surface area contributed by atoms with Gasteiger partial charge < -0.3 is 0 Å². The molecule has 0 N–H and O–H groups in total. The van der Waals surface area contributed by atoms with Gasteiger partial charge in [0.25, 0.3) is 0 Å². The van der Waals surface area contributed by atoms with Crippen molar-refractivity contribution in [2.24, 2.45) is 0 Å². The van der Waals surface area contributed by atoms with E-state index in [2.05, 4.69) is 44.2 Å². The Morgan fingerprint density at radius 1 is 1.00 bits per heavy atom. The number of rotatable bonds is 0. The van der Waals surface area contributed by atoms with Gasteiger partial charge in [0.05, 0.1) is 0 Å². The average molecular weight is 234 g/mol. The molecule has 2 rings (SSSR count). The molecule has 0 unspecified atom stereocenters. The third-order valence-corrected chi connectivity index (χ3v) is 2.25. The van der Waals surface area contributed by atoms with Crippen LogP contribution in [0.2, 0.25) is 0 Å². The predicted molar refractivity (Wildman–Crippen MR) is 49.0 cm³/mol. The Morgan fingerprint density at radius 3 is 2.33 bits per heavy atom. The Kier molecular flexibility index (Phi) is 2.95. The van der Waals surface area contributed by atoms with Crippen molar-refractivity contribution in [3.63, 3.8) is 0 Å². The first kappa shape index (κ1) is 9.80. The summed E-state index contributed by atoms with van der Waals surface area (Å²) in [6.45, 7) is 4.31. The summed E-state index contributed by atoms with van der Waals surface area (Å²) in [7, 11) is 0. The summed E-state index contributed by atoms with van der Waals surface area (Å²) in [6.07, 6.45) is 0. The Labute approximate surface area is 92.1 Å². The van der Waals surface area contributed by atoms with Gasteiger partial charge in [-0.3, -0.25) is 0 Å². The van der Waals surface area contributed by atoms with Crippen LogP contribution < -0.4 is 0 Å². The van der Waals surface area contributed by atoms with Gasteiger partial charge in [0.2, 0.25) is 0 Å². The van der Waals surface area contributed by atoms with E-state index in [0.717, 1.165) is 0 Å². The molecule has 0 saturated carbocycles. The third-order valence-electron chi connectivity index (χ3n) is 2.25. The molecule has 0 aliphatic rings. The molecular weight excluding hydrogens is 223 g/mol. The van der Waals surface area contributed by atoms with E-state index in [9.17, 15) is 0 Å². The quantitative estimate of drug-likeness (QED) is 0.614. The monoisotopic (exact) mass is 233 g/mol. The van der Waals surface area contributed by atoms with E-state index >= 15 is 0 Å². The molecule has 0 aliphatic heterocycles. The number of benzene rings is 1. The van der Waals surface area contributed by atoms with Gasteiger partial charge in [0.15, 0.2) is 0 Å². The van der Waals surface area contributed by atoms with E-state index in [0.29, 0.717) is 0 Å². The molecule has 1 heteroatoms. The van der Waals surface area contributed by atoms with E-state index in [1.54, 1.807) is 0 Å². The number of aryl methyl sites for hydroxylation is 2. The minimum atomic E-state index is 0. The van der Waals surface area contributed by atoms with Crippen LogP contribution in [0, 0.1) is 13.8 Å². The zero-order valence-corrected chi connectivity index (χ0v) is 9.84. The fourth-order valence-corrected chi connectivity index (χ4v) is 1.54. The minimum absolute atomic E-state index is 0. The summed E-state index contributed by atoms with van der Waals surface area (Å²) >= 11 is 0. The molecule has 0 atom stereocenters. The summed E-state index contributed by atoms with van der Waals surface area (Å²) in [5.74, 6) is 0. The second kappa shape index (κ2) is 3.62. The van der Waals surface area contributed by atoms with E-state index < -0.39 is 0 Å². The van der Waals surface area contributed by atoms with Gasteiger partial charge in [-0.1, -0.05) is 18.6 Å². The third kappa shape index (κ3) is 1.43. The van der Waals surface area contributed by atoms with E-state index in [1.165, 1.54) is 21.9 Å². The van der Waals surface area contributed by atoms with Crippen LogP contribution >= 0.6 is 0 Å². The van der Waals surface area contributed by atoms with Crippen LogP contribution in [0.5, 0.6) is 0 Å². The smallest absolute Gasteiger partial charge is 0 e. The molecule has 0 aliphatic carbocycles. The molecular formula is C11H11Zr-. The summed E-state index contributed by atoms with van der Waals surface area (Å²) in [5.41, 5.74) is 2.74. The molecule has 0 nitrogen and oxygen atoms in total. The van der Waals surface area contributed by atoms with Crippen molar-refractivity contribution < 1.29 is 26.2 Å². The first-order valence-corrected chi connectivity index (χ1v) is 3.90. The zero-order chi connectivity index (χ0) is 7.84. The number of fused-ring (bicyclic) bond motifs is 1. The first-order valence-electron chi connectivity index (χ1n) is 3.90. The van der Waals surface area contributed by atoms with Crippen LogP contribution in [0.15, 0.2) is 30.3 Å². The van der Waals surface area contributed by atoms with Gasteiger partial charge in [0.1, 0.15) is 0 Å². The molecule has 2 aromatic carbocycles. The van der Waals surface area contributed by atoms with Crippen LogP contribution in [-0.2, 0) is 26.2 Å². The van der Waals surface area contributed by atoms with Gasteiger partial charge in [0, 0.05) is 26.2 Å². The molecule has 2 aromatic rings. The molecule has 0 fully saturated rings. The van der Waals surface area contributed by atoms with Gasteiger partial charge in [-0.25, -0.2) is 0 Å². The second-order valence-electron chi connectivity index (χ2n) is 3.05. The Bertz CT molecular complexity index is 349. The van der Waals surface area contributed by atoms with Crippen LogP contribution in [0.1, 0.15) is 11.1 Å². The fraction of sp³-hybridized carbons (Fsp3) is 0.182. The Balaban J connectivity index is 0.000000720. The maximum absolute atomic E-state index is 2.18. The van der Waals surface area contributed by atoms with Gasteiger partial charge in [-0.15, -0.1) is 28.5 Å². The maximum Gasteiger partial charge on any atom is 0 e. The van der Waals surface area contributed by atoms with Crippen molar-refractivity contribution >= 4 is 10.8 Å². The molecule has 60 valence electrons. The molecule has 0 heterocycles. The normalized spacial score (nSPS) is 9.83. The zero-order valence-electron chi connectivity index (χ0n) is 7.39. The minimum Gasteiger partial charge on any atom is -0.168 e. The van der Waals surface area contributed by atoms with Gasteiger partial charge in [-0.2, -0.15) is 12.1 Å². The summed E-state index contributed by atoms with van der Waals surface area (Å²) in [6, 6.07) is 10.8. The van der Waals surface area contributed by atoms with Crippen molar-refractivity contribution in [1.82, 2.24) is 0 Å². The van der Waals surface area contributed by atoms with Crippen molar-refractivity contribution in [2.45, 2.75) is 13.8 Å². The van der Waals surface area contributed by atoms with E-state index in [1.807, 2.05) is 0 Å². The second-order valence-corrected chi connectivity index (χ2v) is 3.05. The molecule has 0 bridgehead atoms. The Hall–Kier alpha value is -0.287. The number of hydrogen-bond donors (Lipinski definition) is 0. The van der Waals surface area contributed by atoms with Crippen molar-refractivity contribution in [2.75, 3.05) is 0 Å². The molecule has 0 amide bonds. The van der Waals surface area contributed by atoms with Crippen molar-refractivity contribution in [1.29, 1.82) is 0 Å². The topological polar surface area (TPSA) is 0 Å². The van der Waals surface area contributed by atoms with Gasteiger partial charge >= 0.3 is 0 Å². The first-order chi connectivity index (χ1) is 5.29. The van der Waals surface area contributed by atoms with Crippen LogP contribution in [-0.4, -0.2) is 0 Å². The maximum atomic E-state index is 2.18. The van der Waals surface area contributed by atoms with E-state index in [4.69, 9.17) is 0 Å². The van der Waals surface area contributed by atoms with Crippen LogP contribution in [0.3, 0.4) is 0 Å². The SMILES string of the molecule is Cc1ccc(C)c2[cH-]ccc12.[Zr]. The summed E-state index contributed by atoms with van der Waals surface area (Å²) in [4.78, 5) is 0. The predicted octanol–water partition coefficient (Wildman–Crippen LogP) is 3.17. The van der Waals surface area contributed by atoms with Crippen LogP contribution in [0.4, 0.5) is 0 Å². The fourth-order valence-electron chi connectivity index (χ4n) is 1.54. The van der Waals surface area contributed by atoms with Crippen molar-refractivity contribution in [3.05, 3.63) is 41.5 Å². The Morgan fingerprint density at radius 2 is 1.67 bits per heavy atom. The molecule has 0 aromatic heterocycles. The molecule has 12 heavy (non-hydrogen) atoms.